The molecule has 1 atom stereocenters. The van der Waals surface area contributed by atoms with Gasteiger partial charge in [-0.3, -0.25) is 0 Å². The number of aromatic nitrogens is 3. The van der Waals surface area contributed by atoms with E-state index < -0.39 is 5.92 Å². The fourth-order valence-electron chi connectivity index (χ4n) is 3.12. The maximum atomic E-state index is 13.2. The van der Waals surface area contributed by atoms with Crippen molar-refractivity contribution in [2.75, 3.05) is 13.7 Å². The second-order valence-corrected chi connectivity index (χ2v) is 6.39. The highest BCUT2D eigenvalue weighted by Crippen LogP contribution is 2.37. The number of hydrogen-bond acceptors (Lipinski definition) is 4. The molecule has 0 bridgehead atoms. The summed E-state index contributed by atoms with van der Waals surface area (Å²) in [5, 5.41) is 4.32. The Bertz CT molecular complexity index is 663. The van der Waals surface area contributed by atoms with Gasteiger partial charge in [0.1, 0.15) is 0 Å². The molecule has 0 aliphatic heterocycles. The molecule has 0 amide bonds. The summed E-state index contributed by atoms with van der Waals surface area (Å²) in [5.41, 5.74) is 8.50. The Morgan fingerprint density at radius 2 is 2.17 bits per heavy atom. The van der Waals surface area contributed by atoms with Gasteiger partial charge in [-0.1, -0.05) is 0 Å². The standard InChI is InChI=1S/C16H22F2N4O/c1-23-10-14(19)12-7-15-21-13(9-22(15)20-8-12)6-11-2-4-16(17,18)5-3-11/h7-9,11,14H,2-6,10,19H2,1H3. The van der Waals surface area contributed by atoms with E-state index in [2.05, 4.69) is 10.1 Å². The van der Waals surface area contributed by atoms with Crippen LogP contribution in [0.15, 0.2) is 18.5 Å². The number of nitrogens with two attached hydrogens (primary N) is 1. The van der Waals surface area contributed by atoms with Crippen LogP contribution in [0.5, 0.6) is 0 Å². The Balaban J connectivity index is 1.70. The van der Waals surface area contributed by atoms with Crippen LogP contribution >= 0.6 is 0 Å². The minimum Gasteiger partial charge on any atom is -0.383 e. The molecule has 0 aromatic carbocycles. The molecule has 1 saturated carbocycles. The number of rotatable bonds is 5. The fraction of sp³-hybridized carbons (Fsp3) is 0.625. The van der Waals surface area contributed by atoms with Gasteiger partial charge in [-0.05, 0) is 36.8 Å². The van der Waals surface area contributed by atoms with Gasteiger partial charge in [0.05, 0.1) is 30.7 Å². The highest BCUT2D eigenvalue weighted by Gasteiger charge is 2.35. The summed E-state index contributed by atoms with van der Waals surface area (Å²) in [6.45, 7) is 0.418. The third-order valence-corrected chi connectivity index (χ3v) is 4.50. The van der Waals surface area contributed by atoms with Gasteiger partial charge in [0, 0.05) is 20.0 Å². The first-order valence-corrected chi connectivity index (χ1v) is 7.93. The molecule has 1 aliphatic rings. The zero-order chi connectivity index (χ0) is 16.4. The van der Waals surface area contributed by atoms with Gasteiger partial charge in [0.25, 0.3) is 0 Å². The van der Waals surface area contributed by atoms with Crippen LogP contribution < -0.4 is 5.73 Å². The minimum absolute atomic E-state index is 0.0146. The lowest BCUT2D eigenvalue weighted by Gasteiger charge is -2.27. The van der Waals surface area contributed by atoms with E-state index in [9.17, 15) is 8.78 Å². The Kier molecular flexibility index (Phi) is 4.59. The first kappa shape index (κ1) is 16.3. The van der Waals surface area contributed by atoms with Crippen LogP contribution in [0.25, 0.3) is 5.65 Å². The Hall–Kier alpha value is -1.60. The lowest BCUT2D eigenvalue weighted by molar-refractivity contribution is -0.0457. The number of fused-ring (bicyclic) bond motifs is 1. The van der Waals surface area contributed by atoms with Crippen molar-refractivity contribution in [3.05, 3.63) is 29.7 Å². The van der Waals surface area contributed by atoms with Gasteiger partial charge in [-0.2, -0.15) is 5.10 Å². The summed E-state index contributed by atoms with van der Waals surface area (Å²) >= 11 is 0. The van der Waals surface area contributed by atoms with Crippen molar-refractivity contribution in [3.63, 3.8) is 0 Å². The average Bonchev–Trinajstić information content (AvgIpc) is 2.91. The van der Waals surface area contributed by atoms with E-state index in [1.807, 2.05) is 12.3 Å². The van der Waals surface area contributed by atoms with Crippen molar-refractivity contribution in [3.8, 4) is 0 Å². The molecule has 2 aromatic rings. The molecule has 1 unspecified atom stereocenters. The molecule has 126 valence electrons. The normalized spacial score (nSPS) is 20.0. The second-order valence-electron chi connectivity index (χ2n) is 6.39. The molecule has 1 aliphatic carbocycles. The molecular weight excluding hydrogens is 302 g/mol. The van der Waals surface area contributed by atoms with Gasteiger partial charge in [0.15, 0.2) is 5.65 Å². The van der Waals surface area contributed by atoms with E-state index in [0.717, 1.165) is 23.3 Å². The number of nitrogens with zero attached hydrogens (tertiary/aromatic N) is 3. The smallest absolute Gasteiger partial charge is 0.248 e. The first-order valence-electron chi connectivity index (χ1n) is 7.93. The van der Waals surface area contributed by atoms with E-state index >= 15 is 0 Å². The van der Waals surface area contributed by atoms with Crippen molar-refractivity contribution < 1.29 is 13.5 Å². The van der Waals surface area contributed by atoms with Gasteiger partial charge in [0.2, 0.25) is 5.92 Å². The Morgan fingerprint density at radius 3 is 2.87 bits per heavy atom. The quantitative estimate of drug-likeness (QED) is 0.918. The third kappa shape index (κ3) is 3.84. The van der Waals surface area contributed by atoms with Crippen LogP contribution in [-0.4, -0.2) is 34.2 Å². The van der Waals surface area contributed by atoms with Crippen molar-refractivity contribution in [1.82, 2.24) is 14.6 Å². The van der Waals surface area contributed by atoms with E-state index in [4.69, 9.17) is 10.5 Å². The zero-order valence-corrected chi connectivity index (χ0v) is 13.2. The molecule has 1 fully saturated rings. The maximum absolute atomic E-state index is 13.2. The van der Waals surface area contributed by atoms with Crippen LogP contribution in [-0.2, 0) is 11.2 Å². The van der Waals surface area contributed by atoms with E-state index in [0.29, 0.717) is 19.4 Å². The molecule has 2 heterocycles. The van der Waals surface area contributed by atoms with Crippen molar-refractivity contribution >= 4 is 5.65 Å². The van der Waals surface area contributed by atoms with Crippen molar-refractivity contribution in [2.24, 2.45) is 11.7 Å². The van der Waals surface area contributed by atoms with Crippen LogP contribution in [0.3, 0.4) is 0 Å². The van der Waals surface area contributed by atoms with Crippen LogP contribution in [0, 0.1) is 5.92 Å². The van der Waals surface area contributed by atoms with Crippen LogP contribution in [0.4, 0.5) is 8.78 Å². The zero-order valence-electron chi connectivity index (χ0n) is 13.2. The molecule has 3 rings (SSSR count). The summed E-state index contributed by atoms with van der Waals surface area (Å²) in [6, 6.07) is 1.66. The maximum Gasteiger partial charge on any atom is 0.248 e. The molecule has 23 heavy (non-hydrogen) atoms. The van der Waals surface area contributed by atoms with Gasteiger partial charge in [-0.25, -0.2) is 18.3 Å². The summed E-state index contributed by atoms with van der Waals surface area (Å²) in [6.07, 6.45) is 5.38. The van der Waals surface area contributed by atoms with Gasteiger partial charge < -0.3 is 10.5 Å². The van der Waals surface area contributed by atoms with Crippen LogP contribution in [0.2, 0.25) is 0 Å². The molecular formula is C16H22F2N4O. The van der Waals surface area contributed by atoms with Crippen molar-refractivity contribution in [2.45, 2.75) is 44.1 Å². The largest absolute Gasteiger partial charge is 0.383 e. The van der Waals surface area contributed by atoms with E-state index in [1.54, 1.807) is 17.8 Å². The molecule has 0 spiro atoms. The molecule has 7 heteroatoms. The second kappa shape index (κ2) is 6.49. The summed E-state index contributed by atoms with van der Waals surface area (Å²) < 4.78 is 33.2. The number of hydrogen-bond donors (Lipinski definition) is 1. The number of alkyl halides is 2. The Labute approximate surface area is 133 Å². The predicted octanol–water partition coefficient (Wildman–Crippen LogP) is 2.74. The summed E-state index contributed by atoms with van der Waals surface area (Å²) in [5.74, 6) is -2.21. The highest BCUT2D eigenvalue weighted by molar-refractivity contribution is 5.41. The lowest BCUT2D eigenvalue weighted by Crippen LogP contribution is -2.25. The van der Waals surface area contributed by atoms with Crippen molar-refractivity contribution in [1.29, 1.82) is 0 Å². The fourth-order valence-corrected chi connectivity index (χ4v) is 3.12. The number of methoxy groups -OCH3 is 1. The highest BCUT2D eigenvalue weighted by atomic mass is 19.3. The number of halogens is 2. The molecule has 2 aromatic heterocycles. The molecule has 2 N–H and O–H groups in total. The SMILES string of the molecule is COCC(N)c1cnn2cc(CC3CCC(F)(F)CC3)nc2c1. The number of ether oxygens (including phenoxy) is 1. The van der Waals surface area contributed by atoms with Gasteiger partial charge in [-0.15, -0.1) is 0 Å². The third-order valence-electron chi connectivity index (χ3n) is 4.50. The summed E-state index contributed by atoms with van der Waals surface area (Å²) in [4.78, 5) is 4.56. The monoisotopic (exact) mass is 324 g/mol. The van der Waals surface area contributed by atoms with E-state index in [-0.39, 0.29) is 24.8 Å². The van der Waals surface area contributed by atoms with E-state index in [1.165, 1.54) is 0 Å². The predicted molar refractivity (Wildman–Crippen MR) is 82.4 cm³/mol. The average molecular weight is 324 g/mol. The van der Waals surface area contributed by atoms with Crippen LogP contribution in [0.1, 0.15) is 43.0 Å². The number of imidazole rings is 1. The summed E-state index contributed by atoms with van der Waals surface area (Å²) in [7, 11) is 1.60. The minimum atomic E-state index is -2.48. The molecule has 0 radical (unpaired) electrons. The Morgan fingerprint density at radius 1 is 1.43 bits per heavy atom. The topological polar surface area (TPSA) is 65.4 Å². The molecule has 5 nitrogen and oxygen atoms in total. The van der Waals surface area contributed by atoms with Gasteiger partial charge >= 0.3 is 0 Å². The first-order chi connectivity index (χ1) is 11.0. The lowest BCUT2D eigenvalue weighted by atomic mass is 9.84. The molecule has 0 saturated heterocycles.